The van der Waals surface area contributed by atoms with Crippen molar-refractivity contribution < 1.29 is 19.0 Å². The Morgan fingerprint density at radius 2 is 1.90 bits per heavy atom. The number of hydrogen-bond acceptors (Lipinski definition) is 5. The Morgan fingerprint density at radius 3 is 2.55 bits per heavy atom. The van der Waals surface area contributed by atoms with Crippen molar-refractivity contribution in [2.24, 2.45) is 0 Å². The maximum Gasteiger partial charge on any atom is 0.330 e. The molecule has 0 unspecified atom stereocenters. The molecule has 0 N–H and O–H groups in total. The van der Waals surface area contributed by atoms with Crippen LogP contribution in [0.4, 0.5) is 0 Å². The highest BCUT2D eigenvalue weighted by Crippen LogP contribution is 2.36. The van der Waals surface area contributed by atoms with Gasteiger partial charge in [0.05, 0.1) is 20.8 Å². The molecule has 0 bridgehead atoms. The summed E-state index contributed by atoms with van der Waals surface area (Å²) in [6, 6.07) is 5.85. The van der Waals surface area contributed by atoms with E-state index in [9.17, 15) is 4.79 Å². The molecule has 0 aliphatic carbocycles. The lowest BCUT2D eigenvalue weighted by atomic mass is 10.2. The third-order valence-electron chi connectivity index (χ3n) is 2.71. The Hall–Kier alpha value is -2.01. The topological polar surface area (TPSA) is 44.8 Å². The third kappa shape index (κ3) is 3.11. The van der Waals surface area contributed by atoms with Crippen molar-refractivity contribution >= 4 is 33.5 Å². The second-order valence-corrected chi connectivity index (χ2v) is 5.09. The number of thiophene rings is 1. The minimum absolute atomic E-state index is 0.333. The first kappa shape index (κ1) is 14.4. The summed E-state index contributed by atoms with van der Waals surface area (Å²) in [4.78, 5) is 12.3. The lowest BCUT2D eigenvalue weighted by Gasteiger charge is -2.06. The smallest absolute Gasteiger partial charge is 0.330 e. The van der Waals surface area contributed by atoms with Crippen LogP contribution in [0.1, 0.15) is 11.8 Å². The summed E-state index contributed by atoms with van der Waals surface area (Å²) >= 11 is 1.58. The average Bonchev–Trinajstić information content (AvgIpc) is 2.85. The predicted octanol–water partition coefficient (Wildman–Crippen LogP) is 3.49. The van der Waals surface area contributed by atoms with Gasteiger partial charge in [0.15, 0.2) is 11.5 Å². The first-order chi connectivity index (χ1) is 9.67. The van der Waals surface area contributed by atoms with Crippen LogP contribution in [0, 0.1) is 0 Å². The van der Waals surface area contributed by atoms with E-state index in [1.54, 1.807) is 38.6 Å². The second-order valence-electron chi connectivity index (χ2n) is 3.98. The van der Waals surface area contributed by atoms with Gasteiger partial charge in [-0.1, -0.05) is 0 Å². The normalized spacial score (nSPS) is 10.9. The molecule has 0 saturated heterocycles. The van der Waals surface area contributed by atoms with Crippen LogP contribution in [0.2, 0.25) is 0 Å². The van der Waals surface area contributed by atoms with Gasteiger partial charge in [-0.25, -0.2) is 4.79 Å². The summed E-state index contributed by atoms with van der Waals surface area (Å²) in [6.07, 6.45) is 3.18. The van der Waals surface area contributed by atoms with Gasteiger partial charge in [-0.2, -0.15) is 0 Å². The van der Waals surface area contributed by atoms with Gasteiger partial charge in [0.25, 0.3) is 0 Å². The second kappa shape index (κ2) is 6.43. The largest absolute Gasteiger partial charge is 0.493 e. The fourth-order valence-corrected chi connectivity index (χ4v) is 2.79. The van der Waals surface area contributed by atoms with Crippen LogP contribution in [-0.4, -0.2) is 26.8 Å². The molecule has 5 heteroatoms. The molecule has 0 aliphatic heterocycles. The highest BCUT2D eigenvalue weighted by atomic mass is 32.1. The molecule has 2 rings (SSSR count). The zero-order valence-electron chi connectivity index (χ0n) is 11.6. The van der Waals surface area contributed by atoms with Gasteiger partial charge in [0.1, 0.15) is 0 Å². The fraction of sp³-hybridized carbons (Fsp3) is 0.267. The van der Waals surface area contributed by atoms with Gasteiger partial charge in [-0.3, -0.25) is 0 Å². The van der Waals surface area contributed by atoms with Crippen LogP contribution < -0.4 is 9.47 Å². The van der Waals surface area contributed by atoms with Gasteiger partial charge in [0.2, 0.25) is 0 Å². The summed E-state index contributed by atoms with van der Waals surface area (Å²) in [6.45, 7) is 2.16. The van der Waals surface area contributed by atoms with E-state index in [0.717, 1.165) is 15.0 Å². The molecule has 0 radical (unpaired) electrons. The molecule has 20 heavy (non-hydrogen) atoms. The van der Waals surface area contributed by atoms with Crippen molar-refractivity contribution in [3.63, 3.8) is 0 Å². The molecule has 4 nitrogen and oxygen atoms in total. The van der Waals surface area contributed by atoms with Crippen LogP contribution in [0.3, 0.4) is 0 Å². The van der Waals surface area contributed by atoms with Crippen molar-refractivity contribution in [2.75, 3.05) is 20.8 Å². The first-order valence-corrected chi connectivity index (χ1v) is 7.00. The molecule has 0 spiro atoms. The standard InChI is InChI=1S/C15H16O4S/c1-4-19-15(16)6-5-11-7-10-8-12(17-2)13(18-3)9-14(10)20-11/h5-9H,4H2,1-3H3. The van der Waals surface area contributed by atoms with E-state index in [2.05, 4.69) is 0 Å². The van der Waals surface area contributed by atoms with Gasteiger partial charge in [-0.15, -0.1) is 11.3 Å². The van der Waals surface area contributed by atoms with Gasteiger partial charge in [0, 0.05) is 21.7 Å². The third-order valence-corrected chi connectivity index (χ3v) is 3.77. The average molecular weight is 292 g/mol. The number of hydrogen-bond donors (Lipinski definition) is 0. The van der Waals surface area contributed by atoms with E-state index in [1.165, 1.54) is 6.08 Å². The summed E-state index contributed by atoms with van der Waals surface area (Å²) in [7, 11) is 3.22. The Bertz CT molecular complexity index is 602. The van der Waals surface area contributed by atoms with E-state index < -0.39 is 0 Å². The summed E-state index contributed by atoms with van der Waals surface area (Å²) in [5.41, 5.74) is 0. The summed E-state index contributed by atoms with van der Waals surface area (Å²) in [5.74, 6) is 1.06. The van der Waals surface area contributed by atoms with Crippen molar-refractivity contribution in [1.29, 1.82) is 0 Å². The first-order valence-electron chi connectivity index (χ1n) is 6.18. The Labute approximate surface area is 121 Å². The number of esters is 1. The SMILES string of the molecule is CCOC(=O)C=Cc1cc2cc(OC)c(OC)cc2s1. The number of ether oxygens (including phenoxy) is 3. The van der Waals surface area contributed by atoms with Crippen molar-refractivity contribution in [3.8, 4) is 11.5 Å². The fourth-order valence-electron chi connectivity index (χ4n) is 1.81. The predicted molar refractivity (Wildman–Crippen MR) is 80.6 cm³/mol. The Morgan fingerprint density at radius 1 is 1.20 bits per heavy atom. The zero-order valence-corrected chi connectivity index (χ0v) is 12.5. The van der Waals surface area contributed by atoms with Crippen molar-refractivity contribution in [1.82, 2.24) is 0 Å². The highest BCUT2D eigenvalue weighted by Gasteiger charge is 2.08. The van der Waals surface area contributed by atoms with Crippen LogP contribution >= 0.6 is 11.3 Å². The zero-order chi connectivity index (χ0) is 14.5. The lowest BCUT2D eigenvalue weighted by molar-refractivity contribution is -0.137. The number of carbonyl (C=O) groups is 1. The molecule has 0 atom stereocenters. The molecule has 1 aromatic heterocycles. The maximum atomic E-state index is 11.3. The number of methoxy groups -OCH3 is 2. The molecule has 0 saturated carbocycles. The van der Waals surface area contributed by atoms with E-state index in [0.29, 0.717) is 18.1 Å². The van der Waals surface area contributed by atoms with Crippen LogP contribution in [0.15, 0.2) is 24.3 Å². The molecule has 0 aliphatic rings. The molecule has 106 valence electrons. The molecule has 0 amide bonds. The maximum absolute atomic E-state index is 11.3. The number of benzene rings is 1. The van der Waals surface area contributed by atoms with Crippen LogP contribution in [-0.2, 0) is 9.53 Å². The highest BCUT2D eigenvalue weighted by molar-refractivity contribution is 7.19. The van der Waals surface area contributed by atoms with E-state index in [1.807, 2.05) is 18.2 Å². The van der Waals surface area contributed by atoms with E-state index >= 15 is 0 Å². The monoisotopic (exact) mass is 292 g/mol. The van der Waals surface area contributed by atoms with E-state index in [-0.39, 0.29) is 5.97 Å². The van der Waals surface area contributed by atoms with Crippen molar-refractivity contribution in [3.05, 3.63) is 29.2 Å². The molecular weight excluding hydrogens is 276 g/mol. The quantitative estimate of drug-likeness (QED) is 0.625. The molecule has 1 heterocycles. The van der Waals surface area contributed by atoms with Gasteiger partial charge in [-0.05, 0) is 30.5 Å². The Kier molecular flexibility index (Phi) is 4.63. The minimum Gasteiger partial charge on any atom is -0.493 e. The van der Waals surface area contributed by atoms with Crippen LogP contribution in [0.25, 0.3) is 16.2 Å². The molecule has 0 fully saturated rings. The number of rotatable bonds is 5. The lowest BCUT2D eigenvalue weighted by Crippen LogP contribution is -1.98. The summed E-state index contributed by atoms with van der Waals surface area (Å²) in [5, 5.41) is 1.05. The number of fused-ring (bicyclic) bond motifs is 1. The van der Waals surface area contributed by atoms with Crippen molar-refractivity contribution in [2.45, 2.75) is 6.92 Å². The molecule has 1 aromatic carbocycles. The van der Waals surface area contributed by atoms with E-state index in [4.69, 9.17) is 14.2 Å². The van der Waals surface area contributed by atoms with Crippen LogP contribution in [0.5, 0.6) is 11.5 Å². The molecular formula is C15H16O4S. The minimum atomic E-state index is -0.333. The van der Waals surface area contributed by atoms with Gasteiger partial charge < -0.3 is 14.2 Å². The van der Waals surface area contributed by atoms with Gasteiger partial charge >= 0.3 is 5.97 Å². The summed E-state index contributed by atoms with van der Waals surface area (Å²) < 4.78 is 16.5. The number of carbonyl (C=O) groups excluding carboxylic acids is 1. The Balaban J connectivity index is 2.31. The molecule has 2 aromatic rings.